The molecule has 1 aliphatic carbocycles. The molecule has 2 aromatic carbocycles. The molecule has 0 saturated heterocycles. The maximum atomic E-state index is 13.6. The van der Waals surface area contributed by atoms with Crippen molar-refractivity contribution in [2.75, 3.05) is 5.32 Å². The van der Waals surface area contributed by atoms with E-state index in [1.54, 1.807) is 18.2 Å². The summed E-state index contributed by atoms with van der Waals surface area (Å²) in [4.78, 5) is 40.1. The number of amides is 1. The number of hydrogen-bond acceptors (Lipinski definition) is 6. The summed E-state index contributed by atoms with van der Waals surface area (Å²) in [6.07, 6.45) is 1.24. The van der Waals surface area contributed by atoms with E-state index in [2.05, 4.69) is 21.2 Å². The van der Waals surface area contributed by atoms with Crippen molar-refractivity contribution in [1.82, 2.24) is 0 Å². The molecule has 2 heterocycles. The van der Waals surface area contributed by atoms with Gasteiger partial charge in [-0.3, -0.25) is 19.8 Å². The smallest absolute Gasteiger partial charge is 0.320 e. The standard InChI is InChI=1S/C24H19BrN2O5/c25-14-9-10-16-15(11-14)24(23(30)27-16)19-17(28)7-4-8-18(19)32-21(26)20(24)22(29)31-12-13-5-2-1-3-6-13/h1-3,5-6,9-11,20,26H,4,7-8,12H2,(H,27,30). The van der Waals surface area contributed by atoms with Crippen LogP contribution in [-0.2, 0) is 35.9 Å². The van der Waals surface area contributed by atoms with Gasteiger partial charge in [0.05, 0.1) is 5.57 Å². The van der Waals surface area contributed by atoms with Crippen LogP contribution in [0.5, 0.6) is 0 Å². The number of fused-ring (bicyclic) bond motifs is 3. The first kappa shape index (κ1) is 20.6. The number of allylic oxidation sites excluding steroid dienone is 1. The second kappa shape index (κ2) is 7.70. The van der Waals surface area contributed by atoms with Crippen LogP contribution in [0.3, 0.4) is 0 Å². The number of nitrogens with one attached hydrogen (secondary N) is 2. The number of ketones is 1. The van der Waals surface area contributed by atoms with Crippen molar-refractivity contribution >= 4 is 45.2 Å². The van der Waals surface area contributed by atoms with Crippen LogP contribution in [0.1, 0.15) is 30.4 Å². The zero-order valence-corrected chi connectivity index (χ0v) is 18.5. The summed E-state index contributed by atoms with van der Waals surface area (Å²) in [5, 5.41) is 11.4. The fraction of sp³-hybridized carbons (Fsp3) is 0.250. The van der Waals surface area contributed by atoms with Crippen LogP contribution in [0.15, 0.2) is 64.3 Å². The molecule has 2 unspecified atom stereocenters. The van der Waals surface area contributed by atoms with Crippen LogP contribution >= 0.6 is 15.9 Å². The lowest BCUT2D eigenvalue weighted by Crippen LogP contribution is -2.56. The van der Waals surface area contributed by atoms with Gasteiger partial charge < -0.3 is 14.8 Å². The van der Waals surface area contributed by atoms with Crippen LogP contribution in [0.4, 0.5) is 5.69 Å². The number of halogens is 1. The van der Waals surface area contributed by atoms with Gasteiger partial charge in [-0.25, -0.2) is 0 Å². The molecule has 0 saturated carbocycles. The molecule has 2 N–H and O–H groups in total. The van der Waals surface area contributed by atoms with Crippen LogP contribution in [0.2, 0.25) is 0 Å². The monoisotopic (exact) mass is 494 g/mol. The molecule has 162 valence electrons. The van der Waals surface area contributed by atoms with E-state index in [4.69, 9.17) is 14.9 Å². The Balaban J connectivity index is 1.66. The molecule has 2 aliphatic heterocycles. The number of benzene rings is 2. The summed E-state index contributed by atoms with van der Waals surface area (Å²) in [5.74, 6) is -3.07. The molecule has 0 fully saturated rings. The first-order valence-corrected chi connectivity index (χ1v) is 11.1. The predicted molar refractivity (Wildman–Crippen MR) is 119 cm³/mol. The molecule has 0 radical (unpaired) electrons. The number of anilines is 1. The molecule has 2 aromatic rings. The number of ether oxygens (including phenoxy) is 2. The zero-order chi connectivity index (χ0) is 22.5. The molecule has 7 nitrogen and oxygen atoms in total. The predicted octanol–water partition coefficient (Wildman–Crippen LogP) is 4.01. The van der Waals surface area contributed by atoms with Gasteiger partial charge >= 0.3 is 5.97 Å². The Kier molecular flexibility index (Phi) is 4.97. The third-order valence-electron chi connectivity index (χ3n) is 6.16. The minimum absolute atomic E-state index is 0.0215. The Morgan fingerprint density at radius 3 is 2.75 bits per heavy atom. The Morgan fingerprint density at radius 1 is 1.19 bits per heavy atom. The highest BCUT2D eigenvalue weighted by Gasteiger charge is 2.65. The van der Waals surface area contributed by atoms with Crippen LogP contribution in [0, 0.1) is 11.3 Å². The summed E-state index contributed by atoms with van der Waals surface area (Å²) in [5.41, 5.74) is 0.199. The molecular formula is C24H19BrN2O5. The average Bonchev–Trinajstić information content (AvgIpc) is 3.04. The molecule has 8 heteroatoms. The molecule has 2 atom stereocenters. The second-order valence-corrected chi connectivity index (χ2v) is 8.94. The highest BCUT2D eigenvalue weighted by molar-refractivity contribution is 9.10. The first-order chi connectivity index (χ1) is 15.4. The summed E-state index contributed by atoms with van der Waals surface area (Å²) in [7, 11) is 0. The van der Waals surface area contributed by atoms with E-state index in [0.717, 1.165) is 5.56 Å². The maximum Gasteiger partial charge on any atom is 0.320 e. The maximum absolute atomic E-state index is 13.6. The van der Waals surface area contributed by atoms with E-state index in [0.29, 0.717) is 34.3 Å². The number of carbonyl (C=O) groups excluding carboxylic acids is 3. The van der Waals surface area contributed by atoms with Crippen molar-refractivity contribution in [3.63, 3.8) is 0 Å². The van der Waals surface area contributed by atoms with E-state index < -0.39 is 23.2 Å². The first-order valence-electron chi connectivity index (χ1n) is 10.3. The number of rotatable bonds is 3. The summed E-state index contributed by atoms with van der Waals surface area (Å²) in [6.45, 7) is -0.0215. The number of carbonyl (C=O) groups is 3. The lowest BCUT2D eigenvalue weighted by molar-refractivity contribution is -0.152. The van der Waals surface area contributed by atoms with Crippen LogP contribution in [0.25, 0.3) is 0 Å². The van der Waals surface area contributed by atoms with Crippen molar-refractivity contribution in [2.45, 2.75) is 31.3 Å². The van der Waals surface area contributed by atoms with Gasteiger partial charge in [0.25, 0.3) is 0 Å². The molecular weight excluding hydrogens is 476 g/mol. The largest absolute Gasteiger partial charge is 0.460 e. The van der Waals surface area contributed by atoms with Gasteiger partial charge in [-0.2, -0.15) is 0 Å². The highest BCUT2D eigenvalue weighted by Crippen LogP contribution is 2.54. The van der Waals surface area contributed by atoms with E-state index >= 15 is 0 Å². The van der Waals surface area contributed by atoms with Crippen LogP contribution < -0.4 is 5.32 Å². The topological polar surface area (TPSA) is 106 Å². The number of Topliss-reactive ketones (excluding diaryl/α,β-unsaturated/α-hetero) is 1. The SMILES string of the molecule is N=C1OC2=C(C(=O)CCC2)C2(C(=O)Nc3ccc(Br)cc32)C1C(=O)OCc1ccccc1. The third-order valence-corrected chi connectivity index (χ3v) is 6.65. The molecule has 0 bridgehead atoms. The van der Waals surface area contributed by atoms with Gasteiger partial charge in [-0.1, -0.05) is 46.3 Å². The van der Waals surface area contributed by atoms with Crippen molar-refractivity contribution in [3.05, 3.63) is 75.5 Å². The lowest BCUT2D eigenvalue weighted by Gasteiger charge is -2.41. The fourth-order valence-electron chi connectivity index (χ4n) is 4.82. The Morgan fingerprint density at radius 2 is 1.97 bits per heavy atom. The average molecular weight is 495 g/mol. The van der Waals surface area contributed by atoms with E-state index in [1.807, 2.05) is 30.3 Å². The van der Waals surface area contributed by atoms with Gasteiger partial charge in [0.15, 0.2) is 11.7 Å². The van der Waals surface area contributed by atoms with E-state index in [1.165, 1.54) is 0 Å². The highest BCUT2D eigenvalue weighted by atomic mass is 79.9. The van der Waals surface area contributed by atoms with E-state index in [9.17, 15) is 14.4 Å². The minimum Gasteiger partial charge on any atom is -0.460 e. The molecule has 0 aromatic heterocycles. The van der Waals surface area contributed by atoms with Gasteiger partial charge in [0.2, 0.25) is 11.8 Å². The number of esters is 1. The van der Waals surface area contributed by atoms with Gasteiger partial charge in [0, 0.05) is 23.0 Å². The second-order valence-electron chi connectivity index (χ2n) is 8.02. The van der Waals surface area contributed by atoms with Crippen molar-refractivity contribution in [2.24, 2.45) is 5.92 Å². The normalized spacial score (nSPS) is 24.0. The van der Waals surface area contributed by atoms with E-state index in [-0.39, 0.29) is 30.3 Å². The van der Waals surface area contributed by atoms with Crippen molar-refractivity contribution in [3.8, 4) is 0 Å². The third kappa shape index (κ3) is 3.01. The van der Waals surface area contributed by atoms with Gasteiger partial charge in [0.1, 0.15) is 17.8 Å². The molecule has 1 amide bonds. The zero-order valence-electron chi connectivity index (χ0n) is 16.9. The minimum atomic E-state index is -1.70. The summed E-state index contributed by atoms with van der Waals surface area (Å²) < 4.78 is 11.9. The van der Waals surface area contributed by atoms with Crippen LogP contribution in [-0.4, -0.2) is 23.6 Å². The summed E-state index contributed by atoms with van der Waals surface area (Å²) >= 11 is 3.43. The Bertz CT molecular complexity index is 1210. The quantitative estimate of drug-likeness (QED) is 0.627. The Hall–Kier alpha value is -3.26. The lowest BCUT2D eigenvalue weighted by atomic mass is 9.61. The summed E-state index contributed by atoms with van der Waals surface area (Å²) in [6, 6.07) is 14.3. The fourth-order valence-corrected chi connectivity index (χ4v) is 5.18. The van der Waals surface area contributed by atoms with Crippen molar-refractivity contribution in [1.29, 1.82) is 5.41 Å². The molecule has 5 rings (SSSR count). The Labute approximate surface area is 192 Å². The van der Waals surface area contributed by atoms with Crippen molar-refractivity contribution < 1.29 is 23.9 Å². The number of hydrogen-bond donors (Lipinski definition) is 2. The van der Waals surface area contributed by atoms with Gasteiger partial charge in [-0.05, 0) is 35.7 Å². The molecule has 1 spiro atoms. The molecule has 32 heavy (non-hydrogen) atoms. The molecule has 3 aliphatic rings. The van der Waals surface area contributed by atoms with Gasteiger partial charge in [-0.15, -0.1) is 0 Å².